The molecule has 27 heavy (non-hydrogen) atoms. The van der Waals surface area contributed by atoms with Gasteiger partial charge in [-0.05, 0) is 62.1 Å². The Bertz CT molecular complexity index is 824. The summed E-state index contributed by atoms with van der Waals surface area (Å²) in [5.74, 6) is 0.0670. The van der Waals surface area contributed by atoms with Crippen molar-refractivity contribution in [3.63, 3.8) is 0 Å². The van der Waals surface area contributed by atoms with Gasteiger partial charge in [0.1, 0.15) is 0 Å². The molecule has 0 aliphatic carbocycles. The molecule has 0 bridgehead atoms. The van der Waals surface area contributed by atoms with Crippen molar-refractivity contribution >= 4 is 17.6 Å². The molecule has 5 nitrogen and oxygen atoms in total. The van der Waals surface area contributed by atoms with Crippen molar-refractivity contribution in [2.45, 2.75) is 33.2 Å². The van der Waals surface area contributed by atoms with Crippen LogP contribution in [0.15, 0.2) is 42.5 Å². The number of hydrogen-bond acceptors (Lipinski definition) is 2. The first-order chi connectivity index (χ1) is 12.9. The summed E-state index contributed by atoms with van der Waals surface area (Å²) >= 11 is 0. The number of amides is 3. The maximum atomic E-state index is 12.5. The zero-order valence-corrected chi connectivity index (χ0v) is 16.3. The molecule has 142 valence electrons. The largest absolute Gasteiger partial charge is 0.339 e. The molecule has 3 amide bonds. The number of aryl methyl sites for hydroxylation is 2. The summed E-state index contributed by atoms with van der Waals surface area (Å²) in [4.78, 5) is 28.4. The second kappa shape index (κ2) is 8.25. The third-order valence-electron chi connectivity index (χ3n) is 5.03. The van der Waals surface area contributed by atoms with Gasteiger partial charge < -0.3 is 15.1 Å². The molecule has 0 saturated carbocycles. The first-order valence-corrected chi connectivity index (χ1v) is 9.41. The zero-order chi connectivity index (χ0) is 19.4. The topological polar surface area (TPSA) is 52.7 Å². The van der Waals surface area contributed by atoms with Crippen LogP contribution < -0.4 is 5.32 Å². The first kappa shape index (κ1) is 19.0. The van der Waals surface area contributed by atoms with Crippen LogP contribution in [0.3, 0.4) is 0 Å². The van der Waals surface area contributed by atoms with E-state index in [1.54, 1.807) is 36.2 Å². The minimum absolute atomic E-state index is 0.0670. The van der Waals surface area contributed by atoms with Crippen LogP contribution in [0.5, 0.6) is 0 Å². The van der Waals surface area contributed by atoms with Crippen molar-refractivity contribution in [1.82, 2.24) is 9.80 Å². The number of hydrogen-bond donors (Lipinski definition) is 1. The number of benzene rings is 2. The predicted molar refractivity (Wildman–Crippen MR) is 108 cm³/mol. The van der Waals surface area contributed by atoms with Crippen LogP contribution in [0.1, 0.15) is 39.9 Å². The summed E-state index contributed by atoms with van der Waals surface area (Å²) in [6.45, 7) is 6.33. The molecule has 1 fully saturated rings. The number of likely N-dealkylation sites (tertiary alicyclic amines) is 1. The summed E-state index contributed by atoms with van der Waals surface area (Å²) in [5, 5.41) is 2.89. The minimum atomic E-state index is -0.173. The summed E-state index contributed by atoms with van der Waals surface area (Å²) in [6, 6.07) is 13.2. The number of nitrogens with one attached hydrogen (secondary N) is 1. The molecule has 1 heterocycles. The molecular formula is C22H27N3O2. The highest BCUT2D eigenvalue weighted by Gasteiger charge is 2.19. The predicted octanol–water partition coefficient (Wildman–Crippen LogP) is 4.20. The summed E-state index contributed by atoms with van der Waals surface area (Å²) in [6.07, 6.45) is 2.15. The van der Waals surface area contributed by atoms with Crippen molar-refractivity contribution in [2.24, 2.45) is 0 Å². The fourth-order valence-electron chi connectivity index (χ4n) is 3.37. The number of urea groups is 1. The maximum absolute atomic E-state index is 12.5. The maximum Gasteiger partial charge on any atom is 0.321 e. The monoisotopic (exact) mass is 365 g/mol. The van der Waals surface area contributed by atoms with Gasteiger partial charge in [-0.1, -0.05) is 23.8 Å². The van der Waals surface area contributed by atoms with Crippen molar-refractivity contribution in [3.05, 3.63) is 64.7 Å². The quantitative estimate of drug-likeness (QED) is 0.883. The minimum Gasteiger partial charge on any atom is -0.339 e. The van der Waals surface area contributed by atoms with E-state index >= 15 is 0 Å². The molecule has 1 aliphatic rings. The van der Waals surface area contributed by atoms with Gasteiger partial charge in [-0.15, -0.1) is 0 Å². The Morgan fingerprint density at radius 1 is 1.04 bits per heavy atom. The SMILES string of the molecule is Cc1ccc(CN(C)C(=O)Nc2ccc(C(=O)N3CCCC3)cc2)c(C)c1. The molecule has 1 saturated heterocycles. The fraction of sp³-hybridized carbons (Fsp3) is 0.364. The molecule has 2 aromatic rings. The second-order valence-electron chi connectivity index (χ2n) is 7.29. The second-order valence-corrected chi connectivity index (χ2v) is 7.29. The molecule has 0 unspecified atom stereocenters. The van der Waals surface area contributed by atoms with Crippen molar-refractivity contribution in [3.8, 4) is 0 Å². The van der Waals surface area contributed by atoms with Crippen LogP contribution in [-0.4, -0.2) is 41.9 Å². The molecule has 3 rings (SSSR count). The van der Waals surface area contributed by atoms with Gasteiger partial charge in [0.05, 0.1) is 0 Å². The van der Waals surface area contributed by atoms with Gasteiger partial charge in [-0.2, -0.15) is 0 Å². The van der Waals surface area contributed by atoms with Crippen LogP contribution in [0.4, 0.5) is 10.5 Å². The van der Waals surface area contributed by atoms with Gasteiger partial charge in [0.15, 0.2) is 0 Å². The number of rotatable bonds is 4. The van der Waals surface area contributed by atoms with Gasteiger partial charge in [-0.25, -0.2) is 4.79 Å². The Kier molecular flexibility index (Phi) is 5.79. The highest BCUT2D eigenvalue weighted by atomic mass is 16.2. The van der Waals surface area contributed by atoms with Gasteiger partial charge in [0.25, 0.3) is 5.91 Å². The van der Waals surface area contributed by atoms with Crippen molar-refractivity contribution in [1.29, 1.82) is 0 Å². The fourth-order valence-corrected chi connectivity index (χ4v) is 3.37. The van der Waals surface area contributed by atoms with Crippen molar-refractivity contribution in [2.75, 3.05) is 25.5 Å². The number of nitrogens with zero attached hydrogens (tertiary/aromatic N) is 2. The lowest BCUT2D eigenvalue weighted by molar-refractivity contribution is 0.0793. The van der Waals surface area contributed by atoms with E-state index in [-0.39, 0.29) is 11.9 Å². The molecule has 0 aromatic heterocycles. The van der Waals surface area contributed by atoms with E-state index in [0.29, 0.717) is 17.8 Å². The van der Waals surface area contributed by atoms with E-state index in [4.69, 9.17) is 0 Å². The Balaban J connectivity index is 1.59. The molecule has 2 aromatic carbocycles. The molecule has 1 N–H and O–H groups in total. The van der Waals surface area contributed by atoms with Crippen molar-refractivity contribution < 1.29 is 9.59 Å². The Labute approximate surface area is 161 Å². The van der Waals surface area contributed by atoms with Crippen LogP contribution >= 0.6 is 0 Å². The lowest BCUT2D eigenvalue weighted by atomic mass is 10.1. The molecule has 0 radical (unpaired) electrons. The van der Waals surface area contributed by atoms with E-state index in [0.717, 1.165) is 31.5 Å². The Morgan fingerprint density at radius 2 is 1.70 bits per heavy atom. The number of carbonyl (C=O) groups is 2. The van der Waals surface area contributed by atoms with E-state index in [1.807, 2.05) is 4.90 Å². The van der Waals surface area contributed by atoms with E-state index in [9.17, 15) is 9.59 Å². The lowest BCUT2D eigenvalue weighted by Crippen LogP contribution is -2.31. The molecule has 0 spiro atoms. The average molecular weight is 365 g/mol. The van der Waals surface area contributed by atoms with E-state index in [2.05, 4.69) is 37.4 Å². The first-order valence-electron chi connectivity index (χ1n) is 9.41. The smallest absolute Gasteiger partial charge is 0.321 e. The summed E-state index contributed by atoms with van der Waals surface area (Å²) < 4.78 is 0. The normalized spacial score (nSPS) is 13.5. The van der Waals surface area contributed by atoms with E-state index in [1.165, 1.54) is 11.1 Å². The highest BCUT2D eigenvalue weighted by molar-refractivity contribution is 5.95. The van der Waals surface area contributed by atoms with Crippen LogP contribution in [-0.2, 0) is 6.54 Å². The zero-order valence-electron chi connectivity index (χ0n) is 16.3. The molecule has 0 atom stereocenters. The lowest BCUT2D eigenvalue weighted by Gasteiger charge is -2.20. The standard InChI is InChI=1S/C22H27N3O2/c1-16-6-7-19(17(2)14-16)15-24(3)22(27)23-20-10-8-18(9-11-20)21(26)25-12-4-5-13-25/h6-11,14H,4-5,12-13,15H2,1-3H3,(H,23,27). The van der Waals surface area contributed by atoms with E-state index < -0.39 is 0 Å². The number of carbonyl (C=O) groups excluding carboxylic acids is 2. The van der Waals surface area contributed by atoms with Crippen LogP contribution in [0.25, 0.3) is 0 Å². The molecular weight excluding hydrogens is 338 g/mol. The highest BCUT2D eigenvalue weighted by Crippen LogP contribution is 2.17. The van der Waals surface area contributed by atoms with Gasteiger partial charge in [-0.3, -0.25) is 4.79 Å². The third-order valence-corrected chi connectivity index (χ3v) is 5.03. The summed E-state index contributed by atoms with van der Waals surface area (Å²) in [5.41, 5.74) is 4.88. The van der Waals surface area contributed by atoms with Crippen LogP contribution in [0.2, 0.25) is 0 Å². The third kappa shape index (κ3) is 4.67. The van der Waals surface area contributed by atoms with Gasteiger partial charge in [0, 0.05) is 37.9 Å². The summed E-state index contributed by atoms with van der Waals surface area (Å²) in [7, 11) is 1.78. The molecule has 1 aliphatic heterocycles. The average Bonchev–Trinajstić information content (AvgIpc) is 3.18. The number of anilines is 1. The Morgan fingerprint density at radius 3 is 2.33 bits per heavy atom. The van der Waals surface area contributed by atoms with Crippen LogP contribution in [0, 0.1) is 13.8 Å². The van der Waals surface area contributed by atoms with Gasteiger partial charge >= 0.3 is 6.03 Å². The molecule has 5 heteroatoms. The van der Waals surface area contributed by atoms with Gasteiger partial charge in [0.2, 0.25) is 0 Å². The Hall–Kier alpha value is -2.82.